The lowest BCUT2D eigenvalue weighted by molar-refractivity contribution is 0.664. The summed E-state index contributed by atoms with van der Waals surface area (Å²) in [5, 5.41) is 5.11. The summed E-state index contributed by atoms with van der Waals surface area (Å²) in [6, 6.07) is 35.6. The van der Waals surface area contributed by atoms with E-state index in [1.165, 1.54) is 60.5 Å². The van der Waals surface area contributed by atoms with Gasteiger partial charge < -0.3 is 4.57 Å². The molecule has 7 rings (SSSR count). The Labute approximate surface area is 201 Å². The van der Waals surface area contributed by atoms with E-state index in [0.29, 0.717) is 0 Å². The number of halogens is 1. The third-order valence-corrected chi connectivity index (χ3v) is 7.89. The molecule has 0 N–H and O–H groups in total. The van der Waals surface area contributed by atoms with Gasteiger partial charge in [-0.1, -0.05) is 96.5 Å². The van der Waals surface area contributed by atoms with Crippen LogP contribution in [0.15, 0.2) is 102 Å². The Morgan fingerprint density at radius 2 is 1.45 bits per heavy atom. The van der Waals surface area contributed by atoms with Crippen molar-refractivity contribution in [2.24, 2.45) is 0 Å². The number of benzene rings is 5. The molecule has 0 radical (unpaired) electrons. The van der Waals surface area contributed by atoms with Crippen LogP contribution >= 0.6 is 15.9 Å². The van der Waals surface area contributed by atoms with Gasteiger partial charge in [-0.25, -0.2) is 0 Å². The minimum absolute atomic E-state index is 0.0777. The molecule has 33 heavy (non-hydrogen) atoms. The molecule has 0 atom stereocenters. The standard InChI is InChI=1S/C31H22BrN/c1-31(2)27-10-6-5-9-23(27)24-14-15-25-26-18-21(32)12-16-28(26)33(30(25)29(24)31)22-13-11-19-7-3-4-8-20(19)17-22/h3-18H,1-2H3. The number of hydrogen-bond acceptors (Lipinski definition) is 0. The number of hydrogen-bond donors (Lipinski definition) is 0. The Kier molecular flexibility index (Phi) is 3.82. The first-order valence-electron chi connectivity index (χ1n) is 11.4. The topological polar surface area (TPSA) is 4.93 Å². The summed E-state index contributed by atoms with van der Waals surface area (Å²) in [4.78, 5) is 0. The van der Waals surface area contributed by atoms with Crippen molar-refractivity contribution in [3.05, 3.63) is 113 Å². The fourth-order valence-corrected chi connectivity index (χ4v) is 6.28. The van der Waals surface area contributed by atoms with E-state index in [9.17, 15) is 0 Å². The van der Waals surface area contributed by atoms with E-state index in [2.05, 4.69) is 131 Å². The van der Waals surface area contributed by atoms with Gasteiger partial charge in [0.1, 0.15) is 0 Å². The average molecular weight is 488 g/mol. The summed E-state index contributed by atoms with van der Waals surface area (Å²) >= 11 is 3.72. The zero-order valence-electron chi connectivity index (χ0n) is 18.6. The predicted octanol–water partition coefficient (Wildman–Crippen LogP) is 9.01. The molecule has 1 aliphatic rings. The van der Waals surface area contributed by atoms with E-state index < -0.39 is 0 Å². The van der Waals surface area contributed by atoms with Crippen molar-refractivity contribution in [1.82, 2.24) is 4.57 Å². The van der Waals surface area contributed by atoms with Crippen molar-refractivity contribution in [2.45, 2.75) is 19.3 Å². The first-order chi connectivity index (χ1) is 16.0. The van der Waals surface area contributed by atoms with Gasteiger partial charge >= 0.3 is 0 Å². The number of nitrogens with zero attached hydrogens (tertiary/aromatic N) is 1. The number of aromatic nitrogens is 1. The lowest BCUT2D eigenvalue weighted by atomic mass is 9.81. The maximum absolute atomic E-state index is 3.72. The molecule has 2 heteroatoms. The summed E-state index contributed by atoms with van der Waals surface area (Å²) in [5.74, 6) is 0. The van der Waals surface area contributed by atoms with Crippen LogP contribution in [0.25, 0.3) is 49.4 Å². The Hall–Kier alpha value is -3.36. The highest BCUT2D eigenvalue weighted by Gasteiger charge is 2.38. The van der Waals surface area contributed by atoms with Crippen molar-refractivity contribution >= 4 is 48.5 Å². The lowest BCUT2D eigenvalue weighted by Crippen LogP contribution is -2.16. The van der Waals surface area contributed by atoms with Crippen molar-refractivity contribution in [2.75, 3.05) is 0 Å². The first kappa shape index (κ1) is 19.1. The summed E-state index contributed by atoms with van der Waals surface area (Å²) in [5.41, 5.74) is 9.22. The highest BCUT2D eigenvalue weighted by Crippen LogP contribution is 2.53. The highest BCUT2D eigenvalue weighted by molar-refractivity contribution is 9.10. The average Bonchev–Trinajstić information content (AvgIpc) is 3.28. The molecule has 0 saturated heterocycles. The van der Waals surface area contributed by atoms with Gasteiger partial charge in [-0.2, -0.15) is 0 Å². The van der Waals surface area contributed by atoms with Crippen LogP contribution in [-0.2, 0) is 5.41 Å². The SMILES string of the molecule is CC1(C)c2ccccc2-c2ccc3c4cc(Br)ccc4n(-c4ccc5ccccc5c4)c3c21. The Balaban J connectivity index is 1.68. The summed E-state index contributed by atoms with van der Waals surface area (Å²) in [6.07, 6.45) is 0. The predicted molar refractivity (Wildman–Crippen MR) is 144 cm³/mol. The number of fused-ring (bicyclic) bond motifs is 8. The second-order valence-electron chi connectivity index (χ2n) is 9.58. The fraction of sp³-hybridized carbons (Fsp3) is 0.0968. The van der Waals surface area contributed by atoms with E-state index in [0.717, 1.165) is 4.47 Å². The van der Waals surface area contributed by atoms with Gasteiger partial charge in [0.05, 0.1) is 11.0 Å². The van der Waals surface area contributed by atoms with E-state index in [1.54, 1.807) is 0 Å². The van der Waals surface area contributed by atoms with E-state index in [4.69, 9.17) is 0 Å². The van der Waals surface area contributed by atoms with Crippen LogP contribution in [0.4, 0.5) is 0 Å². The fourth-order valence-electron chi connectivity index (χ4n) is 5.92. The van der Waals surface area contributed by atoms with Crippen LogP contribution < -0.4 is 0 Å². The number of rotatable bonds is 1. The molecular formula is C31H22BrN. The highest BCUT2D eigenvalue weighted by atomic mass is 79.9. The molecule has 0 unspecified atom stereocenters. The minimum Gasteiger partial charge on any atom is -0.309 e. The molecule has 158 valence electrons. The Morgan fingerprint density at radius 3 is 2.33 bits per heavy atom. The summed E-state index contributed by atoms with van der Waals surface area (Å²) < 4.78 is 3.59. The van der Waals surface area contributed by atoms with Crippen LogP contribution in [0.5, 0.6) is 0 Å². The zero-order valence-corrected chi connectivity index (χ0v) is 20.1. The quantitative estimate of drug-likeness (QED) is 0.218. The van der Waals surface area contributed by atoms with Crippen LogP contribution in [-0.4, -0.2) is 4.57 Å². The minimum atomic E-state index is -0.0777. The third kappa shape index (κ3) is 2.53. The van der Waals surface area contributed by atoms with Crippen molar-refractivity contribution in [3.8, 4) is 16.8 Å². The summed E-state index contributed by atoms with van der Waals surface area (Å²) in [6.45, 7) is 4.74. The molecule has 1 heterocycles. The first-order valence-corrected chi connectivity index (χ1v) is 12.2. The largest absolute Gasteiger partial charge is 0.309 e. The van der Waals surface area contributed by atoms with Gasteiger partial charge in [-0.3, -0.25) is 0 Å². The van der Waals surface area contributed by atoms with E-state index >= 15 is 0 Å². The van der Waals surface area contributed by atoms with E-state index in [-0.39, 0.29) is 5.41 Å². The van der Waals surface area contributed by atoms with Gasteiger partial charge in [0, 0.05) is 26.3 Å². The van der Waals surface area contributed by atoms with Crippen LogP contribution in [0, 0.1) is 0 Å². The molecule has 1 aromatic heterocycles. The molecule has 1 nitrogen and oxygen atoms in total. The molecule has 0 spiro atoms. The van der Waals surface area contributed by atoms with Crippen LogP contribution in [0.3, 0.4) is 0 Å². The van der Waals surface area contributed by atoms with Gasteiger partial charge in [0.15, 0.2) is 0 Å². The van der Waals surface area contributed by atoms with Gasteiger partial charge in [0.2, 0.25) is 0 Å². The van der Waals surface area contributed by atoms with Gasteiger partial charge in [-0.05, 0) is 63.4 Å². The molecule has 6 aromatic rings. The molecule has 0 bridgehead atoms. The third-order valence-electron chi connectivity index (χ3n) is 7.40. The molecule has 0 fully saturated rings. The summed E-state index contributed by atoms with van der Waals surface area (Å²) in [7, 11) is 0. The second-order valence-corrected chi connectivity index (χ2v) is 10.5. The Morgan fingerprint density at radius 1 is 0.667 bits per heavy atom. The van der Waals surface area contributed by atoms with Crippen molar-refractivity contribution in [3.63, 3.8) is 0 Å². The molecule has 0 aliphatic heterocycles. The van der Waals surface area contributed by atoms with Crippen LogP contribution in [0.1, 0.15) is 25.0 Å². The van der Waals surface area contributed by atoms with Gasteiger partial charge in [0.25, 0.3) is 0 Å². The normalized spacial score (nSPS) is 14.2. The smallest absolute Gasteiger partial charge is 0.0588 e. The Bertz CT molecular complexity index is 1750. The molecular weight excluding hydrogens is 466 g/mol. The molecule has 0 amide bonds. The van der Waals surface area contributed by atoms with E-state index in [1.807, 2.05) is 0 Å². The monoisotopic (exact) mass is 487 g/mol. The molecule has 0 saturated carbocycles. The molecule has 1 aliphatic carbocycles. The molecule has 5 aromatic carbocycles. The maximum Gasteiger partial charge on any atom is 0.0588 e. The lowest BCUT2D eigenvalue weighted by Gasteiger charge is -2.23. The van der Waals surface area contributed by atoms with Crippen LogP contribution in [0.2, 0.25) is 0 Å². The zero-order chi connectivity index (χ0) is 22.3. The van der Waals surface area contributed by atoms with Crippen molar-refractivity contribution in [1.29, 1.82) is 0 Å². The maximum atomic E-state index is 3.72. The second kappa shape index (κ2) is 6.59. The van der Waals surface area contributed by atoms with Crippen molar-refractivity contribution < 1.29 is 0 Å². The van der Waals surface area contributed by atoms with Gasteiger partial charge in [-0.15, -0.1) is 0 Å².